The number of ether oxygens (including phenoxy) is 2. The first-order valence-electron chi connectivity index (χ1n) is 6.69. The van der Waals surface area contributed by atoms with Gasteiger partial charge in [-0.1, -0.05) is 30.7 Å². The summed E-state index contributed by atoms with van der Waals surface area (Å²) in [7, 11) is 1.63. The molecule has 0 saturated carbocycles. The van der Waals surface area contributed by atoms with Crippen LogP contribution in [0.5, 0.6) is 5.75 Å². The first kappa shape index (κ1) is 17.5. The van der Waals surface area contributed by atoms with Crippen molar-refractivity contribution in [2.45, 2.75) is 19.7 Å². The van der Waals surface area contributed by atoms with Crippen LogP contribution in [0.15, 0.2) is 29.8 Å². The van der Waals surface area contributed by atoms with Crippen molar-refractivity contribution in [2.24, 2.45) is 0 Å². The maximum Gasteiger partial charge on any atom is 0.573 e. The SMILES string of the molecule is CC/C(=C/c1cccc(OC(F)(F)F)c1)CNCCOC. The van der Waals surface area contributed by atoms with E-state index in [0.29, 0.717) is 18.7 Å². The van der Waals surface area contributed by atoms with Crippen LogP contribution in [0.3, 0.4) is 0 Å². The first-order chi connectivity index (χ1) is 9.94. The fourth-order valence-electron chi connectivity index (χ4n) is 1.74. The lowest BCUT2D eigenvalue weighted by Gasteiger charge is -2.10. The topological polar surface area (TPSA) is 30.5 Å². The summed E-state index contributed by atoms with van der Waals surface area (Å²) in [5.74, 6) is -0.209. The third kappa shape index (κ3) is 7.72. The highest BCUT2D eigenvalue weighted by atomic mass is 19.4. The molecule has 0 aliphatic rings. The molecule has 1 rings (SSSR count). The van der Waals surface area contributed by atoms with Crippen LogP contribution in [0.25, 0.3) is 6.08 Å². The van der Waals surface area contributed by atoms with E-state index in [-0.39, 0.29) is 5.75 Å². The van der Waals surface area contributed by atoms with Gasteiger partial charge in [0.15, 0.2) is 0 Å². The zero-order valence-electron chi connectivity index (χ0n) is 12.2. The number of nitrogens with one attached hydrogen (secondary N) is 1. The molecule has 0 aliphatic carbocycles. The summed E-state index contributed by atoms with van der Waals surface area (Å²) in [5, 5.41) is 3.21. The fourth-order valence-corrected chi connectivity index (χ4v) is 1.74. The third-order valence-corrected chi connectivity index (χ3v) is 2.75. The van der Waals surface area contributed by atoms with Crippen molar-refractivity contribution in [3.05, 3.63) is 35.4 Å². The van der Waals surface area contributed by atoms with Crippen LogP contribution in [0, 0.1) is 0 Å². The summed E-state index contributed by atoms with van der Waals surface area (Å²) >= 11 is 0. The van der Waals surface area contributed by atoms with Crippen molar-refractivity contribution >= 4 is 6.08 Å². The van der Waals surface area contributed by atoms with Gasteiger partial charge in [-0.05, 0) is 24.1 Å². The van der Waals surface area contributed by atoms with Gasteiger partial charge in [0, 0.05) is 20.2 Å². The minimum absolute atomic E-state index is 0.209. The lowest BCUT2D eigenvalue weighted by atomic mass is 10.1. The summed E-state index contributed by atoms with van der Waals surface area (Å²) in [4.78, 5) is 0. The van der Waals surface area contributed by atoms with Gasteiger partial charge in [-0.3, -0.25) is 0 Å². The van der Waals surface area contributed by atoms with Crippen LogP contribution in [-0.2, 0) is 4.74 Å². The molecule has 0 unspecified atom stereocenters. The van der Waals surface area contributed by atoms with E-state index in [2.05, 4.69) is 10.1 Å². The first-order valence-corrected chi connectivity index (χ1v) is 6.69. The molecule has 1 aromatic rings. The van der Waals surface area contributed by atoms with Crippen molar-refractivity contribution in [1.29, 1.82) is 0 Å². The van der Waals surface area contributed by atoms with Crippen molar-refractivity contribution in [2.75, 3.05) is 26.8 Å². The number of halogens is 3. The highest BCUT2D eigenvalue weighted by Crippen LogP contribution is 2.24. The van der Waals surface area contributed by atoms with Crippen molar-refractivity contribution < 1.29 is 22.6 Å². The molecule has 21 heavy (non-hydrogen) atoms. The number of benzene rings is 1. The van der Waals surface area contributed by atoms with Crippen molar-refractivity contribution in [3.63, 3.8) is 0 Å². The second-order valence-corrected chi connectivity index (χ2v) is 4.45. The molecular weight excluding hydrogens is 283 g/mol. The molecule has 1 N–H and O–H groups in total. The maximum absolute atomic E-state index is 12.2. The number of rotatable bonds is 8. The number of alkyl halides is 3. The molecule has 0 aliphatic heterocycles. The minimum Gasteiger partial charge on any atom is -0.406 e. The second kappa shape index (κ2) is 8.69. The Bertz CT molecular complexity index is 458. The standard InChI is InChI=1S/C15H20F3NO2/c1-3-12(11-19-7-8-20-2)9-13-5-4-6-14(10-13)21-15(16,17)18/h4-6,9-10,19H,3,7-8,11H2,1-2H3/b12-9-. The summed E-state index contributed by atoms with van der Waals surface area (Å²) in [5.41, 5.74) is 1.78. The lowest BCUT2D eigenvalue weighted by Crippen LogP contribution is -2.21. The number of hydrogen-bond donors (Lipinski definition) is 1. The van der Waals surface area contributed by atoms with E-state index in [1.165, 1.54) is 12.1 Å². The van der Waals surface area contributed by atoms with Crippen LogP contribution < -0.4 is 10.1 Å². The van der Waals surface area contributed by atoms with Crippen LogP contribution in [-0.4, -0.2) is 33.2 Å². The third-order valence-electron chi connectivity index (χ3n) is 2.75. The Hall–Kier alpha value is -1.53. The van der Waals surface area contributed by atoms with Gasteiger partial charge >= 0.3 is 6.36 Å². The van der Waals surface area contributed by atoms with Gasteiger partial charge in [-0.25, -0.2) is 0 Å². The molecule has 0 heterocycles. The molecule has 0 spiro atoms. The van der Waals surface area contributed by atoms with Gasteiger partial charge in [0.05, 0.1) is 6.61 Å². The highest BCUT2D eigenvalue weighted by molar-refractivity contribution is 5.55. The van der Waals surface area contributed by atoms with Gasteiger partial charge < -0.3 is 14.8 Å². The van der Waals surface area contributed by atoms with Crippen LogP contribution >= 0.6 is 0 Å². The zero-order chi connectivity index (χ0) is 15.7. The average molecular weight is 303 g/mol. The van der Waals surface area contributed by atoms with Gasteiger partial charge in [0.25, 0.3) is 0 Å². The second-order valence-electron chi connectivity index (χ2n) is 4.45. The maximum atomic E-state index is 12.2. The Morgan fingerprint density at radius 1 is 1.33 bits per heavy atom. The van der Waals surface area contributed by atoms with E-state index in [4.69, 9.17) is 4.74 Å². The fraction of sp³-hybridized carbons (Fsp3) is 0.467. The summed E-state index contributed by atoms with van der Waals surface area (Å²) in [6, 6.07) is 5.94. The monoisotopic (exact) mass is 303 g/mol. The molecule has 0 atom stereocenters. The van der Waals surface area contributed by atoms with Crippen molar-refractivity contribution in [3.8, 4) is 5.75 Å². The molecule has 1 aromatic carbocycles. The van der Waals surface area contributed by atoms with Gasteiger partial charge in [0.2, 0.25) is 0 Å². The van der Waals surface area contributed by atoms with Crippen LogP contribution in [0.1, 0.15) is 18.9 Å². The quantitative estimate of drug-likeness (QED) is 0.744. The number of methoxy groups -OCH3 is 1. The highest BCUT2D eigenvalue weighted by Gasteiger charge is 2.30. The van der Waals surface area contributed by atoms with Gasteiger partial charge in [0.1, 0.15) is 5.75 Å². The lowest BCUT2D eigenvalue weighted by molar-refractivity contribution is -0.274. The van der Waals surface area contributed by atoms with E-state index in [1.54, 1.807) is 19.2 Å². The molecular formula is C15H20F3NO2. The largest absolute Gasteiger partial charge is 0.573 e. The molecule has 3 nitrogen and oxygen atoms in total. The van der Waals surface area contributed by atoms with Gasteiger partial charge in [-0.15, -0.1) is 13.2 Å². The summed E-state index contributed by atoms with van der Waals surface area (Å²) in [6.07, 6.45) is -2.00. The van der Waals surface area contributed by atoms with Gasteiger partial charge in [-0.2, -0.15) is 0 Å². The number of hydrogen-bond acceptors (Lipinski definition) is 3. The van der Waals surface area contributed by atoms with Crippen molar-refractivity contribution in [1.82, 2.24) is 5.32 Å². The summed E-state index contributed by atoms with van der Waals surface area (Å²) in [6.45, 7) is 4.01. The molecule has 0 aromatic heterocycles. The van der Waals surface area contributed by atoms with E-state index in [9.17, 15) is 13.2 Å². The van der Waals surface area contributed by atoms with E-state index in [1.807, 2.05) is 13.0 Å². The summed E-state index contributed by atoms with van der Waals surface area (Å²) < 4.78 is 45.4. The smallest absolute Gasteiger partial charge is 0.406 e. The van der Waals surface area contributed by atoms with E-state index >= 15 is 0 Å². The molecule has 0 fully saturated rings. The Kier molecular flexibility index (Phi) is 7.25. The Labute approximate surface area is 122 Å². The Balaban J connectivity index is 2.69. The van der Waals surface area contributed by atoms with E-state index in [0.717, 1.165) is 18.5 Å². The Morgan fingerprint density at radius 2 is 2.10 bits per heavy atom. The molecule has 0 radical (unpaired) electrons. The van der Waals surface area contributed by atoms with E-state index < -0.39 is 6.36 Å². The van der Waals surface area contributed by atoms with Crippen LogP contribution in [0.2, 0.25) is 0 Å². The molecule has 0 amide bonds. The zero-order valence-corrected chi connectivity index (χ0v) is 12.2. The molecule has 0 saturated heterocycles. The Morgan fingerprint density at radius 3 is 2.71 bits per heavy atom. The average Bonchev–Trinajstić information content (AvgIpc) is 2.40. The predicted octanol–water partition coefficient (Wildman–Crippen LogP) is 3.61. The molecule has 6 heteroatoms. The molecule has 0 bridgehead atoms. The predicted molar refractivity (Wildman–Crippen MR) is 76.1 cm³/mol. The molecule has 118 valence electrons. The minimum atomic E-state index is -4.67. The normalized spacial score (nSPS) is 12.5. The van der Waals surface area contributed by atoms with Crippen LogP contribution in [0.4, 0.5) is 13.2 Å².